The Morgan fingerprint density at radius 1 is 1.25 bits per heavy atom. The summed E-state index contributed by atoms with van der Waals surface area (Å²) in [5, 5.41) is 3.83. The van der Waals surface area contributed by atoms with E-state index in [1.165, 1.54) is 4.57 Å². The predicted octanol–water partition coefficient (Wildman–Crippen LogP) is 2.76. The highest BCUT2D eigenvalue weighted by atomic mass is 35.5. The van der Waals surface area contributed by atoms with Gasteiger partial charge in [0.25, 0.3) is 0 Å². The van der Waals surface area contributed by atoms with Gasteiger partial charge in [0, 0.05) is 19.3 Å². The van der Waals surface area contributed by atoms with Crippen LogP contribution in [0.3, 0.4) is 0 Å². The summed E-state index contributed by atoms with van der Waals surface area (Å²) >= 11 is 6.05. The van der Waals surface area contributed by atoms with Gasteiger partial charge in [-0.15, -0.1) is 0 Å². The molecule has 3 rings (SSSR count). The highest BCUT2D eigenvalue weighted by Gasteiger charge is 2.09. The van der Waals surface area contributed by atoms with Crippen molar-refractivity contribution in [3.63, 3.8) is 0 Å². The Kier molecular flexibility index (Phi) is 3.43. The first-order valence-corrected chi connectivity index (χ1v) is 6.56. The van der Waals surface area contributed by atoms with Gasteiger partial charge in [-0.05, 0) is 24.3 Å². The molecule has 0 aliphatic rings. The van der Waals surface area contributed by atoms with E-state index in [0.717, 1.165) is 5.69 Å². The maximum atomic E-state index is 11.8. The highest BCUT2D eigenvalue weighted by Crippen LogP contribution is 2.20. The Balaban J connectivity index is 1.76. The number of fused-ring (bicyclic) bond motifs is 1. The molecule has 0 unspecified atom stereocenters. The summed E-state index contributed by atoms with van der Waals surface area (Å²) in [7, 11) is 0. The molecule has 1 N–H and O–H groups in total. The Bertz CT molecular complexity index is 794. The third-order valence-electron chi connectivity index (χ3n) is 2.95. The molecule has 0 aliphatic heterocycles. The fourth-order valence-electron chi connectivity index (χ4n) is 2.00. The molecule has 3 aromatic rings. The van der Waals surface area contributed by atoms with Gasteiger partial charge in [-0.2, -0.15) is 0 Å². The van der Waals surface area contributed by atoms with Crippen molar-refractivity contribution in [2.75, 3.05) is 11.9 Å². The summed E-state index contributed by atoms with van der Waals surface area (Å²) in [5.74, 6) is -0.403. The number of halogens is 1. The lowest BCUT2D eigenvalue weighted by Crippen LogP contribution is -2.20. The third kappa shape index (κ3) is 2.40. The monoisotopic (exact) mass is 289 g/mol. The lowest BCUT2D eigenvalue weighted by molar-refractivity contribution is 0.509. The lowest BCUT2D eigenvalue weighted by atomic mass is 10.3. The van der Waals surface area contributed by atoms with Crippen LogP contribution in [-0.2, 0) is 6.54 Å². The minimum atomic E-state index is -0.403. The fraction of sp³-hybridized carbons (Fsp3) is 0.143. The summed E-state index contributed by atoms with van der Waals surface area (Å²) in [6.07, 6.45) is 1.63. The van der Waals surface area contributed by atoms with Crippen LogP contribution in [0.2, 0.25) is 5.02 Å². The first-order chi connectivity index (χ1) is 9.75. The molecule has 1 aromatic carbocycles. The number of aromatic nitrogens is 2. The van der Waals surface area contributed by atoms with Crippen molar-refractivity contribution in [2.45, 2.75) is 6.54 Å². The maximum absolute atomic E-state index is 11.8. The van der Waals surface area contributed by atoms with Gasteiger partial charge in [-0.25, -0.2) is 9.78 Å². The second-order valence-corrected chi connectivity index (χ2v) is 4.66. The average Bonchev–Trinajstić information content (AvgIpc) is 2.77. The molecular formula is C14H12ClN3O2. The third-order valence-corrected chi connectivity index (χ3v) is 3.28. The van der Waals surface area contributed by atoms with E-state index in [1.807, 2.05) is 24.3 Å². The number of benzene rings is 1. The summed E-state index contributed by atoms with van der Waals surface area (Å²) in [4.78, 5) is 15.9. The molecule has 2 aromatic heterocycles. The maximum Gasteiger partial charge on any atom is 0.421 e. The first-order valence-electron chi connectivity index (χ1n) is 6.18. The number of oxazole rings is 1. The molecule has 0 spiro atoms. The van der Waals surface area contributed by atoms with Crippen LogP contribution in [0.15, 0.2) is 51.8 Å². The van der Waals surface area contributed by atoms with Crippen LogP contribution in [0.4, 0.5) is 5.69 Å². The Hall–Kier alpha value is -2.27. The molecule has 0 radical (unpaired) electrons. The molecule has 0 saturated heterocycles. The molecule has 0 aliphatic carbocycles. The molecule has 0 saturated carbocycles. The van der Waals surface area contributed by atoms with Gasteiger partial charge in [0.1, 0.15) is 0 Å². The van der Waals surface area contributed by atoms with Crippen LogP contribution in [0.5, 0.6) is 0 Å². The van der Waals surface area contributed by atoms with E-state index >= 15 is 0 Å². The molecule has 20 heavy (non-hydrogen) atoms. The number of hydrogen-bond acceptors (Lipinski definition) is 4. The molecular weight excluding hydrogens is 278 g/mol. The van der Waals surface area contributed by atoms with Crippen LogP contribution >= 0.6 is 11.6 Å². The first kappa shape index (κ1) is 12.7. The van der Waals surface area contributed by atoms with E-state index < -0.39 is 5.76 Å². The summed E-state index contributed by atoms with van der Waals surface area (Å²) in [6.45, 7) is 1.00. The number of anilines is 1. The molecule has 6 heteroatoms. The minimum absolute atomic E-state index is 0.403. The number of pyridine rings is 1. The van der Waals surface area contributed by atoms with Crippen LogP contribution in [0.1, 0.15) is 0 Å². The number of nitrogens with one attached hydrogen (secondary N) is 1. The minimum Gasteiger partial charge on any atom is -0.406 e. The predicted molar refractivity (Wildman–Crippen MR) is 78.2 cm³/mol. The van der Waals surface area contributed by atoms with Gasteiger partial charge >= 0.3 is 5.76 Å². The molecule has 2 heterocycles. The van der Waals surface area contributed by atoms with Crippen molar-refractivity contribution >= 4 is 28.5 Å². The summed E-state index contributed by atoms with van der Waals surface area (Å²) < 4.78 is 6.62. The van der Waals surface area contributed by atoms with Crippen LogP contribution in [0, 0.1) is 0 Å². The Morgan fingerprint density at radius 3 is 2.95 bits per heavy atom. The lowest BCUT2D eigenvalue weighted by Gasteiger charge is -2.07. The zero-order chi connectivity index (χ0) is 13.9. The molecule has 5 nitrogen and oxygen atoms in total. The van der Waals surface area contributed by atoms with Gasteiger partial charge in [0.05, 0.1) is 10.7 Å². The van der Waals surface area contributed by atoms with E-state index in [0.29, 0.717) is 29.3 Å². The van der Waals surface area contributed by atoms with Crippen LogP contribution in [0.25, 0.3) is 11.2 Å². The van der Waals surface area contributed by atoms with E-state index in [1.54, 1.807) is 18.3 Å². The van der Waals surface area contributed by atoms with E-state index in [4.69, 9.17) is 16.0 Å². The van der Waals surface area contributed by atoms with Gasteiger partial charge in [0.15, 0.2) is 11.2 Å². The highest BCUT2D eigenvalue weighted by molar-refractivity contribution is 6.33. The average molecular weight is 290 g/mol. The van der Waals surface area contributed by atoms with E-state index in [9.17, 15) is 4.79 Å². The zero-order valence-electron chi connectivity index (χ0n) is 10.5. The van der Waals surface area contributed by atoms with Crippen molar-refractivity contribution in [3.05, 3.63) is 58.2 Å². The largest absolute Gasteiger partial charge is 0.421 e. The standard InChI is InChI=1S/C14H12ClN3O2/c15-10-4-1-2-5-11(10)16-8-9-18-13-12(20-14(18)19)6-3-7-17-13/h1-7,16H,8-9H2. The summed E-state index contributed by atoms with van der Waals surface area (Å²) in [5.41, 5.74) is 1.89. The van der Waals surface area contributed by atoms with Gasteiger partial charge in [0.2, 0.25) is 0 Å². The van der Waals surface area contributed by atoms with Gasteiger partial charge < -0.3 is 9.73 Å². The van der Waals surface area contributed by atoms with E-state index in [-0.39, 0.29) is 0 Å². The van der Waals surface area contributed by atoms with Crippen molar-refractivity contribution in [2.24, 2.45) is 0 Å². The molecule has 102 valence electrons. The normalized spacial score (nSPS) is 10.8. The van der Waals surface area contributed by atoms with Crippen molar-refractivity contribution in [1.29, 1.82) is 0 Å². The number of hydrogen-bond donors (Lipinski definition) is 1. The summed E-state index contributed by atoms with van der Waals surface area (Å²) in [6, 6.07) is 10.9. The van der Waals surface area contributed by atoms with Crippen LogP contribution in [-0.4, -0.2) is 16.1 Å². The van der Waals surface area contributed by atoms with Crippen molar-refractivity contribution in [1.82, 2.24) is 9.55 Å². The molecule has 0 amide bonds. The number of rotatable bonds is 4. The Morgan fingerprint density at radius 2 is 2.10 bits per heavy atom. The van der Waals surface area contributed by atoms with E-state index in [2.05, 4.69) is 10.3 Å². The van der Waals surface area contributed by atoms with Gasteiger partial charge in [-0.3, -0.25) is 4.57 Å². The Labute approximate surface area is 119 Å². The fourth-order valence-corrected chi connectivity index (χ4v) is 2.21. The topological polar surface area (TPSA) is 60.1 Å². The van der Waals surface area contributed by atoms with Gasteiger partial charge in [-0.1, -0.05) is 23.7 Å². The second-order valence-electron chi connectivity index (χ2n) is 4.25. The molecule has 0 fully saturated rings. The zero-order valence-corrected chi connectivity index (χ0v) is 11.3. The molecule has 0 bridgehead atoms. The number of nitrogens with zero attached hydrogens (tertiary/aromatic N) is 2. The van der Waals surface area contributed by atoms with Crippen LogP contribution < -0.4 is 11.1 Å². The SMILES string of the molecule is O=c1oc2cccnc2n1CCNc1ccccc1Cl. The second kappa shape index (κ2) is 5.38. The quantitative estimate of drug-likeness (QED) is 0.802. The van der Waals surface area contributed by atoms with Crippen molar-refractivity contribution < 1.29 is 4.42 Å². The smallest absolute Gasteiger partial charge is 0.406 e. The molecule has 0 atom stereocenters. The number of para-hydroxylation sites is 1. The van der Waals surface area contributed by atoms with Crippen molar-refractivity contribution in [3.8, 4) is 0 Å².